The number of amides is 1. The third kappa shape index (κ3) is 5.73. The van der Waals surface area contributed by atoms with Gasteiger partial charge in [-0.25, -0.2) is 0 Å². The molecule has 19 heavy (non-hydrogen) atoms. The molecule has 0 unspecified atom stereocenters. The fraction of sp³-hybridized carbons (Fsp3) is 0.385. The van der Waals surface area contributed by atoms with Gasteiger partial charge in [-0.1, -0.05) is 15.9 Å². The van der Waals surface area contributed by atoms with E-state index < -0.39 is 0 Å². The molecule has 1 amide bonds. The maximum atomic E-state index is 11.5. The molecule has 0 aliphatic rings. The molecule has 0 spiro atoms. The van der Waals surface area contributed by atoms with Crippen LogP contribution in [0.4, 0.5) is 0 Å². The van der Waals surface area contributed by atoms with E-state index in [1.165, 1.54) is 0 Å². The Morgan fingerprint density at radius 3 is 3.00 bits per heavy atom. The molecule has 5 nitrogen and oxygen atoms in total. The van der Waals surface area contributed by atoms with Crippen LogP contribution < -0.4 is 15.4 Å². The monoisotopic (exact) mass is 325 g/mol. The van der Waals surface area contributed by atoms with Gasteiger partial charge in [-0.2, -0.15) is 5.26 Å². The topological polar surface area (TPSA) is 74.2 Å². The van der Waals surface area contributed by atoms with E-state index in [-0.39, 0.29) is 12.5 Å². The van der Waals surface area contributed by atoms with E-state index in [0.29, 0.717) is 25.3 Å². The number of carbonyl (C=O) groups excluding carboxylic acids is 1. The lowest BCUT2D eigenvalue weighted by Crippen LogP contribution is -2.29. The fourth-order valence-corrected chi connectivity index (χ4v) is 1.88. The molecule has 1 aromatic carbocycles. The summed E-state index contributed by atoms with van der Waals surface area (Å²) in [7, 11) is 1.85. The van der Waals surface area contributed by atoms with Crippen LogP contribution in [-0.4, -0.2) is 26.1 Å². The standard InChI is InChI=1S/C13H16BrN3O2/c1-16-8-10-7-11(14)3-4-12(10)19-9-13(18)17-6-2-5-15/h3-4,7,16H,2,6,8-9H2,1H3,(H,17,18). The molecule has 6 heteroatoms. The quantitative estimate of drug-likeness (QED) is 0.746. The first-order chi connectivity index (χ1) is 9.17. The molecule has 2 N–H and O–H groups in total. The van der Waals surface area contributed by atoms with Gasteiger partial charge in [0.2, 0.25) is 0 Å². The zero-order valence-corrected chi connectivity index (χ0v) is 12.3. The van der Waals surface area contributed by atoms with Gasteiger partial charge in [0, 0.05) is 23.1 Å². The molecule has 1 aromatic rings. The van der Waals surface area contributed by atoms with Gasteiger partial charge in [0.1, 0.15) is 5.75 Å². The Balaban J connectivity index is 2.52. The Kier molecular flexibility index (Phi) is 6.93. The Bertz CT molecular complexity index is 471. The highest BCUT2D eigenvalue weighted by Crippen LogP contribution is 2.23. The number of nitrogens with one attached hydrogen (secondary N) is 2. The SMILES string of the molecule is CNCc1cc(Br)ccc1OCC(=O)NCCC#N. The van der Waals surface area contributed by atoms with Crippen LogP contribution in [0, 0.1) is 11.3 Å². The van der Waals surface area contributed by atoms with E-state index in [0.717, 1.165) is 10.0 Å². The van der Waals surface area contributed by atoms with Gasteiger partial charge in [-0.3, -0.25) is 4.79 Å². The lowest BCUT2D eigenvalue weighted by atomic mass is 10.2. The number of rotatable bonds is 7. The Labute approximate surface area is 121 Å². The zero-order valence-electron chi connectivity index (χ0n) is 10.7. The van der Waals surface area contributed by atoms with E-state index >= 15 is 0 Å². The van der Waals surface area contributed by atoms with Crippen molar-refractivity contribution >= 4 is 21.8 Å². The molecule has 0 atom stereocenters. The fourth-order valence-electron chi connectivity index (χ4n) is 1.47. The number of hydrogen-bond acceptors (Lipinski definition) is 4. The Hall–Kier alpha value is -1.58. The summed E-state index contributed by atoms with van der Waals surface area (Å²) in [5.41, 5.74) is 0.974. The number of carbonyl (C=O) groups is 1. The third-order valence-corrected chi connectivity index (χ3v) is 2.80. The highest BCUT2D eigenvalue weighted by Gasteiger charge is 2.07. The van der Waals surface area contributed by atoms with E-state index in [2.05, 4.69) is 26.6 Å². The number of nitriles is 1. The van der Waals surface area contributed by atoms with Crippen LogP contribution in [0.5, 0.6) is 5.75 Å². The summed E-state index contributed by atoms with van der Waals surface area (Å²) in [6.07, 6.45) is 0.301. The zero-order chi connectivity index (χ0) is 14.1. The van der Waals surface area contributed by atoms with Gasteiger partial charge in [0.25, 0.3) is 5.91 Å². The average Bonchev–Trinajstić information content (AvgIpc) is 2.38. The van der Waals surface area contributed by atoms with Crippen molar-refractivity contribution in [1.82, 2.24) is 10.6 Å². The number of hydrogen-bond donors (Lipinski definition) is 2. The van der Waals surface area contributed by atoms with Crippen molar-refractivity contribution < 1.29 is 9.53 Å². The molecular formula is C13H16BrN3O2. The average molecular weight is 326 g/mol. The largest absolute Gasteiger partial charge is 0.483 e. The number of halogens is 1. The van der Waals surface area contributed by atoms with Gasteiger partial charge in [0.15, 0.2) is 6.61 Å². The van der Waals surface area contributed by atoms with Gasteiger partial charge in [0.05, 0.1) is 12.5 Å². The normalized spacial score (nSPS) is 9.74. The second-order valence-corrected chi connectivity index (χ2v) is 4.74. The van der Waals surface area contributed by atoms with E-state index in [1.807, 2.05) is 31.3 Å². The molecule has 0 aromatic heterocycles. The predicted molar refractivity (Wildman–Crippen MR) is 75.6 cm³/mol. The van der Waals surface area contributed by atoms with Crippen LogP contribution in [0.2, 0.25) is 0 Å². The minimum atomic E-state index is -0.228. The summed E-state index contributed by atoms with van der Waals surface area (Å²) in [4.78, 5) is 11.5. The van der Waals surface area contributed by atoms with Crippen LogP contribution in [0.1, 0.15) is 12.0 Å². The van der Waals surface area contributed by atoms with E-state index in [4.69, 9.17) is 10.00 Å². The molecule has 0 aliphatic heterocycles. The Morgan fingerprint density at radius 2 is 2.32 bits per heavy atom. The summed E-state index contributed by atoms with van der Waals surface area (Å²) in [6.45, 7) is 0.955. The lowest BCUT2D eigenvalue weighted by Gasteiger charge is -2.11. The van der Waals surface area contributed by atoms with E-state index in [9.17, 15) is 4.79 Å². The molecule has 0 aliphatic carbocycles. The summed E-state index contributed by atoms with van der Waals surface area (Å²) in [5.74, 6) is 0.446. The summed E-state index contributed by atoms with van der Waals surface area (Å²) < 4.78 is 6.44. The number of benzene rings is 1. The molecule has 1 rings (SSSR count). The van der Waals surface area contributed by atoms with Crippen LogP contribution in [0.15, 0.2) is 22.7 Å². The summed E-state index contributed by atoms with van der Waals surface area (Å²) in [5, 5.41) is 14.0. The molecule has 0 radical (unpaired) electrons. The van der Waals surface area contributed by atoms with Crippen molar-refractivity contribution in [3.8, 4) is 11.8 Å². The van der Waals surface area contributed by atoms with Crippen molar-refractivity contribution in [3.05, 3.63) is 28.2 Å². The first kappa shape index (κ1) is 15.5. The van der Waals surface area contributed by atoms with Crippen LogP contribution >= 0.6 is 15.9 Å². The van der Waals surface area contributed by atoms with E-state index in [1.54, 1.807) is 0 Å². The first-order valence-electron chi connectivity index (χ1n) is 5.87. The van der Waals surface area contributed by atoms with Crippen molar-refractivity contribution in [2.24, 2.45) is 0 Å². The molecule has 0 fully saturated rings. The highest BCUT2D eigenvalue weighted by molar-refractivity contribution is 9.10. The first-order valence-corrected chi connectivity index (χ1v) is 6.66. The van der Waals surface area contributed by atoms with Gasteiger partial charge in [-0.05, 0) is 25.2 Å². The second kappa shape index (κ2) is 8.51. The molecular weight excluding hydrogens is 310 g/mol. The van der Waals surface area contributed by atoms with Gasteiger partial charge >= 0.3 is 0 Å². The predicted octanol–water partition coefficient (Wildman–Crippen LogP) is 1.58. The Morgan fingerprint density at radius 1 is 1.53 bits per heavy atom. The van der Waals surface area contributed by atoms with Crippen LogP contribution in [0.3, 0.4) is 0 Å². The molecule has 0 bridgehead atoms. The lowest BCUT2D eigenvalue weighted by molar-refractivity contribution is -0.123. The van der Waals surface area contributed by atoms with Gasteiger partial charge < -0.3 is 15.4 Å². The minimum absolute atomic E-state index is 0.0518. The maximum absolute atomic E-state index is 11.5. The summed E-state index contributed by atoms with van der Waals surface area (Å²) in [6, 6.07) is 7.59. The van der Waals surface area contributed by atoms with Crippen molar-refractivity contribution in [2.75, 3.05) is 20.2 Å². The van der Waals surface area contributed by atoms with Crippen LogP contribution in [-0.2, 0) is 11.3 Å². The van der Waals surface area contributed by atoms with Gasteiger partial charge in [-0.15, -0.1) is 0 Å². The smallest absolute Gasteiger partial charge is 0.257 e. The minimum Gasteiger partial charge on any atom is -0.483 e. The molecule has 0 heterocycles. The number of nitrogens with zero attached hydrogens (tertiary/aromatic N) is 1. The molecule has 0 saturated carbocycles. The summed E-state index contributed by atoms with van der Waals surface area (Å²) >= 11 is 3.40. The van der Waals surface area contributed by atoms with Crippen molar-refractivity contribution in [1.29, 1.82) is 5.26 Å². The second-order valence-electron chi connectivity index (χ2n) is 3.83. The van der Waals surface area contributed by atoms with Crippen LogP contribution in [0.25, 0.3) is 0 Å². The maximum Gasteiger partial charge on any atom is 0.257 e. The molecule has 0 saturated heterocycles. The van der Waals surface area contributed by atoms with Crippen molar-refractivity contribution in [2.45, 2.75) is 13.0 Å². The highest BCUT2D eigenvalue weighted by atomic mass is 79.9. The van der Waals surface area contributed by atoms with Crippen molar-refractivity contribution in [3.63, 3.8) is 0 Å². The number of ether oxygens (including phenoxy) is 1. The third-order valence-electron chi connectivity index (χ3n) is 2.31. The molecule has 102 valence electrons.